The molecule has 0 atom stereocenters. The van der Waals surface area contributed by atoms with Gasteiger partial charge in [-0.05, 0) is 30.3 Å². The van der Waals surface area contributed by atoms with Crippen molar-refractivity contribution < 1.29 is 14.3 Å². The van der Waals surface area contributed by atoms with Crippen LogP contribution in [0.25, 0.3) is 0 Å². The molecule has 2 aromatic carbocycles. The lowest BCUT2D eigenvalue weighted by Gasteiger charge is -2.22. The molecule has 0 spiro atoms. The van der Waals surface area contributed by atoms with E-state index in [1.54, 1.807) is 13.3 Å². The second kappa shape index (κ2) is 10.2. The molecule has 29 heavy (non-hydrogen) atoms. The molecule has 0 unspecified atom stereocenters. The van der Waals surface area contributed by atoms with E-state index >= 15 is 0 Å². The second-order valence-electron chi connectivity index (χ2n) is 6.40. The van der Waals surface area contributed by atoms with Crippen molar-refractivity contribution in [1.82, 2.24) is 10.3 Å². The van der Waals surface area contributed by atoms with E-state index in [9.17, 15) is 4.79 Å². The maximum atomic E-state index is 12.9. The summed E-state index contributed by atoms with van der Waals surface area (Å²) in [5.41, 5.74) is 3.25. The Kier molecular flexibility index (Phi) is 7.19. The predicted molar refractivity (Wildman–Crippen MR) is 114 cm³/mol. The van der Waals surface area contributed by atoms with E-state index in [-0.39, 0.29) is 5.91 Å². The monoisotopic (exact) mass is 391 g/mol. The first-order valence-electron chi connectivity index (χ1n) is 9.42. The summed E-state index contributed by atoms with van der Waals surface area (Å²) in [6.45, 7) is 1.19. The van der Waals surface area contributed by atoms with Gasteiger partial charge >= 0.3 is 0 Å². The maximum absolute atomic E-state index is 12.9. The summed E-state index contributed by atoms with van der Waals surface area (Å²) in [6, 6.07) is 21.2. The minimum absolute atomic E-state index is 0.157. The van der Waals surface area contributed by atoms with Gasteiger partial charge in [0.25, 0.3) is 5.91 Å². The number of methoxy groups -OCH3 is 1. The zero-order valence-corrected chi connectivity index (χ0v) is 16.7. The predicted octanol–water partition coefficient (Wildman–Crippen LogP) is 3.80. The van der Waals surface area contributed by atoms with Crippen LogP contribution in [0.4, 0.5) is 11.4 Å². The molecule has 0 fully saturated rings. The van der Waals surface area contributed by atoms with E-state index in [2.05, 4.69) is 10.3 Å². The van der Waals surface area contributed by atoms with E-state index in [1.807, 2.05) is 78.7 Å². The van der Waals surface area contributed by atoms with Gasteiger partial charge in [0.1, 0.15) is 6.61 Å². The summed E-state index contributed by atoms with van der Waals surface area (Å²) >= 11 is 0. The number of benzene rings is 2. The molecule has 1 amide bonds. The van der Waals surface area contributed by atoms with Gasteiger partial charge in [0, 0.05) is 38.1 Å². The van der Waals surface area contributed by atoms with Crippen molar-refractivity contribution >= 4 is 17.3 Å². The fraction of sp³-hybridized carbons (Fsp3) is 0.217. The summed E-state index contributed by atoms with van der Waals surface area (Å²) in [7, 11) is 3.57. The van der Waals surface area contributed by atoms with Gasteiger partial charge in [-0.15, -0.1) is 0 Å². The molecule has 150 valence electrons. The van der Waals surface area contributed by atoms with Gasteiger partial charge in [0.15, 0.2) is 0 Å². The van der Waals surface area contributed by atoms with E-state index in [0.717, 1.165) is 16.9 Å². The first-order valence-corrected chi connectivity index (χ1v) is 9.42. The quantitative estimate of drug-likeness (QED) is 0.562. The number of rotatable bonds is 9. The molecule has 0 bridgehead atoms. The molecule has 0 aliphatic carbocycles. The molecule has 3 rings (SSSR count). The topological polar surface area (TPSA) is 63.7 Å². The van der Waals surface area contributed by atoms with Crippen LogP contribution in [0.1, 0.15) is 15.9 Å². The van der Waals surface area contributed by atoms with Crippen molar-refractivity contribution in [3.05, 3.63) is 84.1 Å². The van der Waals surface area contributed by atoms with Crippen LogP contribution in [0.5, 0.6) is 5.88 Å². The third-order valence-corrected chi connectivity index (χ3v) is 4.47. The summed E-state index contributed by atoms with van der Waals surface area (Å²) < 4.78 is 10.6. The van der Waals surface area contributed by atoms with Crippen LogP contribution in [0, 0.1) is 0 Å². The van der Waals surface area contributed by atoms with E-state index in [4.69, 9.17) is 9.47 Å². The Bertz CT molecular complexity index is 931. The lowest BCUT2D eigenvalue weighted by molar-refractivity contribution is 0.0950. The van der Waals surface area contributed by atoms with Crippen LogP contribution < -0.4 is 15.0 Å². The lowest BCUT2D eigenvalue weighted by Crippen LogP contribution is -2.25. The Morgan fingerprint density at radius 3 is 2.55 bits per heavy atom. The van der Waals surface area contributed by atoms with Crippen LogP contribution in [0.15, 0.2) is 72.9 Å². The van der Waals surface area contributed by atoms with Crippen molar-refractivity contribution in [3.63, 3.8) is 0 Å². The SMILES string of the molecule is COCCOc1ncccc1CNC(=O)c1ccccc1N(C)c1ccccc1. The standard InChI is InChI=1S/C23H25N3O3/c1-26(19-10-4-3-5-11-19)21-13-7-6-12-20(21)22(27)25-17-18-9-8-14-24-23(18)29-16-15-28-2/h3-14H,15-17H2,1-2H3,(H,25,27). The third-order valence-electron chi connectivity index (χ3n) is 4.47. The summed E-state index contributed by atoms with van der Waals surface area (Å²) in [5.74, 6) is 0.342. The van der Waals surface area contributed by atoms with Crippen LogP contribution >= 0.6 is 0 Å². The van der Waals surface area contributed by atoms with Crippen molar-refractivity contribution in [1.29, 1.82) is 0 Å². The van der Waals surface area contributed by atoms with E-state index < -0.39 is 0 Å². The van der Waals surface area contributed by atoms with E-state index in [1.165, 1.54) is 0 Å². The van der Waals surface area contributed by atoms with Crippen LogP contribution in [0.2, 0.25) is 0 Å². The van der Waals surface area contributed by atoms with Gasteiger partial charge in [-0.2, -0.15) is 0 Å². The number of carbonyl (C=O) groups is 1. The number of pyridine rings is 1. The minimum Gasteiger partial charge on any atom is -0.475 e. The first-order chi connectivity index (χ1) is 14.2. The maximum Gasteiger partial charge on any atom is 0.253 e. The molecule has 0 aliphatic rings. The largest absolute Gasteiger partial charge is 0.475 e. The number of anilines is 2. The summed E-state index contributed by atoms with van der Waals surface area (Å²) in [5, 5.41) is 2.98. The molecular formula is C23H25N3O3. The lowest BCUT2D eigenvalue weighted by atomic mass is 10.1. The molecule has 1 aromatic heterocycles. The van der Waals surface area contributed by atoms with Gasteiger partial charge in [-0.1, -0.05) is 36.4 Å². The second-order valence-corrected chi connectivity index (χ2v) is 6.40. The summed E-state index contributed by atoms with van der Waals surface area (Å²) in [4.78, 5) is 19.2. The molecule has 0 radical (unpaired) electrons. The van der Waals surface area contributed by atoms with Crippen LogP contribution in [-0.4, -0.2) is 38.3 Å². The minimum atomic E-state index is -0.157. The number of amides is 1. The highest BCUT2D eigenvalue weighted by Gasteiger charge is 2.15. The first kappa shape index (κ1) is 20.4. The molecular weight excluding hydrogens is 366 g/mol. The molecule has 1 N–H and O–H groups in total. The third kappa shape index (κ3) is 5.33. The van der Waals surface area contributed by atoms with Crippen molar-refractivity contribution in [2.24, 2.45) is 0 Å². The normalized spacial score (nSPS) is 10.4. The Morgan fingerprint density at radius 2 is 1.76 bits per heavy atom. The van der Waals surface area contributed by atoms with Crippen molar-refractivity contribution in [2.45, 2.75) is 6.54 Å². The van der Waals surface area contributed by atoms with Gasteiger partial charge in [-0.3, -0.25) is 4.79 Å². The number of ether oxygens (including phenoxy) is 2. The molecule has 3 aromatic rings. The fourth-order valence-corrected chi connectivity index (χ4v) is 2.93. The van der Waals surface area contributed by atoms with Gasteiger partial charge < -0.3 is 19.7 Å². The molecule has 0 saturated heterocycles. The van der Waals surface area contributed by atoms with Gasteiger partial charge in [0.05, 0.1) is 17.9 Å². The molecule has 1 heterocycles. The number of hydrogen-bond acceptors (Lipinski definition) is 5. The average molecular weight is 391 g/mol. The average Bonchev–Trinajstić information content (AvgIpc) is 2.78. The number of aromatic nitrogens is 1. The Balaban J connectivity index is 1.73. The van der Waals surface area contributed by atoms with Crippen molar-refractivity contribution in [3.8, 4) is 5.88 Å². The highest BCUT2D eigenvalue weighted by atomic mass is 16.5. The molecule has 0 aliphatic heterocycles. The Hall–Kier alpha value is -3.38. The number of hydrogen-bond donors (Lipinski definition) is 1. The Labute approximate surface area is 171 Å². The Morgan fingerprint density at radius 1 is 1.00 bits per heavy atom. The zero-order valence-electron chi connectivity index (χ0n) is 16.7. The van der Waals surface area contributed by atoms with E-state index in [0.29, 0.717) is 31.2 Å². The molecule has 6 heteroatoms. The highest BCUT2D eigenvalue weighted by Crippen LogP contribution is 2.27. The zero-order chi connectivity index (χ0) is 20.5. The van der Waals surface area contributed by atoms with Gasteiger partial charge in [-0.25, -0.2) is 4.98 Å². The smallest absolute Gasteiger partial charge is 0.253 e. The summed E-state index contributed by atoms with van der Waals surface area (Å²) in [6.07, 6.45) is 1.66. The number of para-hydroxylation sites is 2. The highest BCUT2D eigenvalue weighted by molar-refractivity contribution is 6.00. The van der Waals surface area contributed by atoms with Gasteiger partial charge in [0.2, 0.25) is 5.88 Å². The van der Waals surface area contributed by atoms with Crippen molar-refractivity contribution in [2.75, 3.05) is 32.3 Å². The number of carbonyl (C=O) groups excluding carboxylic acids is 1. The van der Waals surface area contributed by atoms with Crippen LogP contribution in [-0.2, 0) is 11.3 Å². The number of nitrogens with one attached hydrogen (secondary N) is 1. The number of nitrogens with zero attached hydrogens (tertiary/aromatic N) is 2. The fourth-order valence-electron chi connectivity index (χ4n) is 2.93. The van der Waals surface area contributed by atoms with Crippen LogP contribution in [0.3, 0.4) is 0 Å². The molecule has 6 nitrogen and oxygen atoms in total. The molecule has 0 saturated carbocycles.